The van der Waals surface area contributed by atoms with Gasteiger partial charge >= 0.3 is 5.69 Å². The molecule has 118 valence electrons. The van der Waals surface area contributed by atoms with Crippen molar-refractivity contribution >= 4 is 11.8 Å². The predicted molar refractivity (Wildman–Crippen MR) is 87.0 cm³/mol. The topological polar surface area (TPSA) is 98.7 Å². The number of rotatable bonds is 5. The Morgan fingerprint density at radius 3 is 2.59 bits per heavy atom. The van der Waals surface area contributed by atoms with E-state index >= 15 is 0 Å². The summed E-state index contributed by atoms with van der Waals surface area (Å²) in [7, 11) is 0. The molecule has 0 aliphatic carbocycles. The third kappa shape index (κ3) is 3.81. The number of nitrogens with zero attached hydrogens (tertiary/aromatic N) is 4. The first-order valence-electron chi connectivity index (χ1n) is 7.30. The molecule has 2 aromatic heterocycles. The smallest absolute Gasteiger partial charge is 0.348 e. The van der Waals surface area contributed by atoms with Crippen molar-refractivity contribution in [3.8, 4) is 0 Å². The average Bonchev–Trinajstić information content (AvgIpc) is 2.41. The second-order valence-corrected chi connectivity index (χ2v) is 5.59. The summed E-state index contributed by atoms with van der Waals surface area (Å²) in [6, 6.07) is 3.77. The van der Waals surface area contributed by atoms with Crippen LogP contribution in [0.25, 0.3) is 0 Å². The van der Waals surface area contributed by atoms with Crippen LogP contribution in [0.2, 0.25) is 0 Å². The largest absolute Gasteiger partial charge is 0.368 e. The summed E-state index contributed by atoms with van der Waals surface area (Å²) in [5.41, 5.74) is 8.00. The van der Waals surface area contributed by atoms with Gasteiger partial charge in [0, 0.05) is 30.5 Å². The average molecular weight is 302 g/mol. The van der Waals surface area contributed by atoms with Gasteiger partial charge in [0.05, 0.1) is 5.69 Å². The lowest BCUT2D eigenvalue weighted by Crippen LogP contribution is -2.28. The highest BCUT2D eigenvalue weighted by atomic mass is 16.1. The first kappa shape index (κ1) is 15.9. The fraction of sp³-hybridized carbons (Fsp3) is 0.467. The zero-order valence-electron chi connectivity index (χ0n) is 13.4. The molecule has 2 aromatic rings. The van der Waals surface area contributed by atoms with Gasteiger partial charge in [-0.2, -0.15) is 9.97 Å². The number of nitrogens with one attached hydrogen (secondary N) is 1. The second-order valence-electron chi connectivity index (χ2n) is 5.59. The van der Waals surface area contributed by atoms with Gasteiger partial charge in [0.1, 0.15) is 5.82 Å². The Labute approximate surface area is 129 Å². The molecule has 0 aromatic carbocycles. The minimum atomic E-state index is -0.232. The Balaban J connectivity index is 2.07. The molecule has 0 unspecified atom stereocenters. The highest BCUT2D eigenvalue weighted by Gasteiger charge is 2.07. The maximum Gasteiger partial charge on any atom is 0.348 e. The van der Waals surface area contributed by atoms with Gasteiger partial charge < -0.3 is 11.1 Å². The Morgan fingerprint density at radius 1 is 1.23 bits per heavy atom. The number of nitrogen functional groups attached to an aromatic ring is 1. The summed E-state index contributed by atoms with van der Waals surface area (Å²) in [4.78, 5) is 24.2. The van der Waals surface area contributed by atoms with Gasteiger partial charge in [-0.3, -0.25) is 4.57 Å². The Morgan fingerprint density at radius 2 is 1.95 bits per heavy atom. The van der Waals surface area contributed by atoms with Crippen LogP contribution in [-0.2, 0) is 6.54 Å². The zero-order valence-corrected chi connectivity index (χ0v) is 13.4. The molecule has 0 aliphatic rings. The SMILES string of the molecule is Cc1cc(C)n(CCNc2cc(C(C)C)nc(N)n2)c(=O)n1. The molecular formula is C15H22N6O. The van der Waals surface area contributed by atoms with Gasteiger partial charge in [-0.25, -0.2) is 9.78 Å². The Bertz CT molecular complexity index is 722. The van der Waals surface area contributed by atoms with Crippen LogP contribution in [0, 0.1) is 13.8 Å². The van der Waals surface area contributed by atoms with Crippen LogP contribution in [0.15, 0.2) is 16.9 Å². The maximum atomic E-state index is 11.9. The van der Waals surface area contributed by atoms with Crippen molar-refractivity contribution in [1.82, 2.24) is 19.5 Å². The number of nitrogens with two attached hydrogens (primary N) is 1. The quantitative estimate of drug-likeness (QED) is 0.867. The van der Waals surface area contributed by atoms with Gasteiger partial charge in [0.15, 0.2) is 0 Å². The van der Waals surface area contributed by atoms with E-state index in [1.807, 2.05) is 39.8 Å². The van der Waals surface area contributed by atoms with Crippen LogP contribution in [0.4, 0.5) is 11.8 Å². The minimum absolute atomic E-state index is 0.232. The molecule has 0 amide bonds. The molecule has 0 saturated heterocycles. The summed E-state index contributed by atoms with van der Waals surface area (Å²) in [6.45, 7) is 8.88. The molecule has 0 aliphatic heterocycles. The second kappa shape index (κ2) is 6.55. The Kier molecular flexibility index (Phi) is 4.75. The Hall–Kier alpha value is -2.44. The van der Waals surface area contributed by atoms with Gasteiger partial charge in [-0.1, -0.05) is 13.8 Å². The highest BCUT2D eigenvalue weighted by Crippen LogP contribution is 2.16. The molecule has 3 N–H and O–H groups in total. The molecule has 0 fully saturated rings. The number of aromatic nitrogens is 4. The standard InChI is InChI=1S/C15H22N6O/c1-9(2)12-8-13(20-14(16)19-12)17-5-6-21-11(4)7-10(3)18-15(21)22/h7-9H,5-6H2,1-4H3,(H3,16,17,19,20). The van der Waals surface area contributed by atoms with Crippen LogP contribution in [0.5, 0.6) is 0 Å². The molecule has 0 saturated carbocycles. The van der Waals surface area contributed by atoms with E-state index in [1.54, 1.807) is 4.57 Å². The van der Waals surface area contributed by atoms with E-state index in [-0.39, 0.29) is 17.6 Å². The maximum absolute atomic E-state index is 11.9. The van der Waals surface area contributed by atoms with Crippen LogP contribution in [0.1, 0.15) is 36.8 Å². The van der Waals surface area contributed by atoms with Crippen molar-refractivity contribution in [1.29, 1.82) is 0 Å². The minimum Gasteiger partial charge on any atom is -0.368 e. The van der Waals surface area contributed by atoms with Crippen LogP contribution < -0.4 is 16.7 Å². The van der Waals surface area contributed by atoms with E-state index in [1.165, 1.54) is 0 Å². The van der Waals surface area contributed by atoms with Crippen LogP contribution >= 0.6 is 0 Å². The lowest BCUT2D eigenvalue weighted by atomic mass is 10.1. The summed E-state index contributed by atoms with van der Waals surface area (Å²) < 4.78 is 1.63. The normalized spacial score (nSPS) is 11.0. The van der Waals surface area contributed by atoms with Crippen LogP contribution in [0.3, 0.4) is 0 Å². The number of aryl methyl sites for hydroxylation is 2. The van der Waals surface area contributed by atoms with E-state index in [0.29, 0.717) is 18.9 Å². The number of hydrogen-bond acceptors (Lipinski definition) is 6. The molecule has 2 rings (SSSR count). The van der Waals surface area contributed by atoms with Gasteiger partial charge in [0.2, 0.25) is 5.95 Å². The van der Waals surface area contributed by atoms with E-state index in [9.17, 15) is 4.79 Å². The molecule has 7 heteroatoms. The summed E-state index contributed by atoms with van der Waals surface area (Å²) in [6.07, 6.45) is 0. The van der Waals surface area contributed by atoms with Crippen molar-refractivity contribution in [3.05, 3.63) is 39.7 Å². The molecule has 0 atom stereocenters. The molecule has 2 heterocycles. The summed E-state index contributed by atoms with van der Waals surface area (Å²) in [5.74, 6) is 1.19. The van der Waals surface area contributed by atoms with Crippen molar-refractivity contribution in [3.63, 3.8) is 0 Å². The summed E-state index contributed by atoms with van der Waals surface area (Å²) >= 11 is 0. The molecule has 22 heavy (non-hydrogen) atoms. The molecule has 7 nitrogen and oxygen atoms in total. The lowest BCUT2D eigenvalue weighted by Gasteiger charge is -2.12. The number of anilines is 2. The third-order valence-corrected chi connectivity index (χ3v) is 3.34. The van der Waals surface area contributed by atoms with Gasteiger partial charge in [0.25, 0.3) is 0 Å². The predicted octanol–water partition coefficient (Wildman–Crippen LogP) is 1.47. The van der Waals surface area contributed by atoms with Crippen molar-refractivity contribution < 1.29 is 0 Å². The van der Waals surface area contributed by atoms with E-state index in [0.717, 1.165) is 17.1 Å². The molecular weight excluding hydrogens is 280 g/mol. The van der Waals surface area contributed by atoms with Crippen molar-refractivity contribution in [2.45, 2.75) is 40.2 Å². The third-order valence-electron chi connectivity index (χ3n) is 3.34. The summed E-state index contributed by atoms with van der Waals surface area (Å²) in [5, 5.41) is 3.18. The first-order chi connectivity index (χ1) is 10.4. The van der Waals surface area contributed by atoms with Crippen LogP contribution in [-0.4, -0.2) is 26.1 Å². The zero-order chi connectivity index (χ0) is 16.3. The van der Waals surface area contributed by atoms with Crippen molar-refractivity contribution in [2.24, 2.45) is 0 Å². The van der Waals surface area contributed by atoms with E-state index in [2.05, 4.69) is 20.3 Å². The number of hydrogen-bond donors (Lipinski definition) is 2. The fourth-order valence-electron chi connectivity index (χ4n) is 2.21. The molecule has 0 spiro atoms. The lowest BCUT2D eigenvalue weighted by molar-refractivity contribution is 0.647. The molecule has 0 bridgehead atoms. The fourth-order valence-corrected chi connectivity index (χ4v) is 2.21. The van der Waals surface area contributed by atoms with E-state index in [4.69, 9.17) is 5.73 Å². The van der Waals surface area contributed by atoms with Gasteiger partial charge in [-0.05, 0) is 25.8 Å². The van der Waals surface area contributed by atoms with Gasteiger partial charge in [-0.15, -0.1) is 0 Å². The first-order valence-corrected chi connectivity index (χ1v) is 7.30. The van der Waals surface area contributed by atoms with E-state index < -0.39 is 0 Å². The monoisotopic (exact) mass is 302 g/mol. The highest BCUT2D eigenvalue weighted by molar-refractivity contribution is 5.41. The van der Waals surface area contributed by atoms with Crippen molar-refractivity contribution in [2.75, 3.05) is 17.6 Å². The molecule has 0 radical (unpaired) electrons.